The molecule has 84 valence electrons. The van der Waals surface area contributed by atoms with Crippen LogP contribution in [0.4, 0.5) is 0 Å². The van der Waals surface area contributed by atoms with Crippen LogP contribution in [0.2, 0.25) is 0 Å². The van der Waals surface area contributed by atoms with Crippen LogP contribution in [-0.2, 0) is 0 Å². The summed E-state index contributed by atoms with van der Waals surface area (Å²) < 4.78 is 0. The van der Waals surface area contributed by atoms with Gasteiger partial charge in [-0.05, 0) is 30.8 Å². The Morgan fingerprint density at radius 2 is 2.31 bits per heavy atom. The van der Waals surface area contributed by atoms with Crippen LogP contribution in [0.15, 0.2) is 36.4 Å². The number of nitrogens with two attached hydrogens (primary N) is 1. The van der Waals surface area contributed by atoms with Gasteiger partial charge in [0.2, 0.25) is 0 Å². The molecule has 0 bridgehead atoms. The number of hydrogen-bond acceptors (Lipinski definition) is 2. The Morgan fingerprint density at radius 1 is 1.38 bits per heavy atom. The minimum atomic E-state index is 0.555. The number of nitrogens with zero attached hydrogens (tertiary/aromatic N) is 1. The Balaban J connectivity index is 1.91. The van der Waals surface area contributed by atoms with E-state index in [0.29, 0.717) is 17.8 Å². The lowest BCUT2D eigenvalue weighted by Gasteiger charge is -2.36. The first kappa shape index (κ1) is 9.70. The summed E-state index contributed by atoms with van der Waals surface area (Å²) in [5, 5.41) is 0. The number of hydrogen-bond donors (Lipinski definition) is 2. The topological polar surface area (TPSA) is 54.7 Å². The molecule has 0 radical (unpaired) electrons. The Morgan fingerprint density at radius 3 is 3.12 bits per heavy atom. The Hall–Kier alpha value is -1.51. The van der Waals surface area contributed by atoms with Crippen LogP contribution < -0.4 is 5.73 Å². The van der Waals surface area contributed by atoms with Crippen molar-refractivity contribution >= 4 is 0 Å². The molecular weight excluding hydrogens is 198 g/mol. The summed E-state index contributed by atoms with van der Waals surface area (Å²) in [6, 6.07) is 0. The van der Waals surface area contributed by atoms with Crippen molar-refractivity contribution in [2.24, 2.45) is 17.6 Å². The first-order chi connectivity index (χ1) is 7.84. The molecule has 2 aliphatic rings. The van der Waals surface area contributed by atoms with E-state index in [1.807, 2.05) is 6.20 Å². The van der Waals surface area contributed by atoms with Crippen molar-refractivity contribution in [3.8, 4) is 0 Å². The fraction of sp³-hybridized carbons (Fsp3) is 0.462. The molecule has 1 saturated carbocycles. The van der Waals surface area contributed by atoms with E-state index in [0.717, 1.165) is 5.70 Å². The number of aromatic nitrogens is 2. The zero-order chi connectivity index (χ0) is 11.0. The van der Waals surface area contributed by atoms with E-state index in [2.05, 4.69) is 28.2 Å². The maximum absolute atomic E-state index is 5.91. The minimum Gasteiger partial charge on any atom is -0.399 e. The van der Waals surface area contributed by atoms with Crippen LogP contribution in [0.3, 0.4) is 0 Å². The number of allylic oxidation sites excluding steroid dienone is 3. The van der Waals surface area contributed by atoms with Gasteiger partial charge in [0.05, 0.1) is 6.33 Å². The largest absolute Gasteiger partial charge is 0.399 e. The van der Waals surface area contributed by atoms with Crippen molar-refractivity contribution in [1.29, 1.82) is 0 Å². The molecule has 3 atom stereocenters. The number of imidazole rings is 1. The second-order valence-electron chi connectivity index (χ2n) is 4.81. The van der Waals surface area contributed by atoms with Crippen molar-refractivity contribution in [3.63, 3.8) is 0 Å². The quantitative estimate of drug-likeness (QED) is 0.755. The number of aromatic amines is 1. The molecular formula is C13H17N3. The molecule has 0 aromatic carbocycles. The molecule has 3 rings (SSSR count). The van der Waals surface area contributed by atoms with Crippen molar-refractivity contribution in [2.45, 2.75) is 25.2 Å². The number of H-pyrrole nitrogens is 1. The Kier molecular flexibility index (Phi) is 2.31. The number of fused-ring (bicyclic) bond motifs is 1. The lowest BCUT2D eigenvalue weighted by atomic mass is 9.69. The average molecular weight is 215 g/mol. The van der Waals surface area contributed by atoms with Gasteiger partial charge in [0.1, 0.15) is 0 Å². The molecule has 16 heavy (non-hydrogen) atoms. The van der Waals surface area contributed by atoms with Gasteiger partial charge in [-0.3, -0.25) is 0 Å². The highest BCUT2D eigenvalue weighted by Gasteiger charge is 2.33. The standard InChI is InChI=1S/C13H17N3/c14-10-5-4-9-2-1-3-11(12(9)6-10)13-7-15-8-16-13/h4-9,11-12H,1-3,14H2,(H,15,16). The van der Waals surface area contributed by atoms with Crippen LogP contribution in [-0.4, -0.2) is 9.97 Å². The van der Waals surface area contributed by atoms with E-state index in [4.69, 9.17) is 5.73 Å². The second-order valence-corrected chi connectivity index (χ2v) is 4.81. The summed E-state index contributed by atoms with van der Waals surface area (Å²) >= 11 is 0. The maximum Gasteiger partial charge on any atom is 0.0921 e. The zero-order valence-corrected chi connectivity index (χ0v) is 9.26. The van der Waals surface area contributed by atoms with Gasteiger partial charge in [-0.25, -0.2) is 4.98 Å². The van der Waals surface area contributed by atoms with E-state index in [1.54, 1.807) is 6.33 Å². The summed E-state index contributed by atoms with van der Waals surface area (Å²) in [6.07, 6.45) is 14.1. The summed E-state index contributed by atoms with van der Waals surface area (Å²) in [4.78, 5) is 7.38. The fourth-order valence-electron chi connectivity index (χ4n) is 3.07. The fourth-order valence-corrected chi connectivity index (χ4v) is 3.07. The first-order valence-corrected chi connectivity index (χ1v) is 5.98. The molecule has 1 fully saturated rings. The van der Waals surface area contributed by atoms with Gasteiger partial charge in [-0.2, -0.15) is 0 Å². The third-order valence-corrected chi connectivity index (χ3v) is 3.85. The zero-order valence-electron chi connectivity index (χ0n) is 9.26. The van der Waals surface area contributed by atoms with Crippen molar-refractivity contribution in [1.82, 2.24) is 9.97 Å². The molecule has 3 heteroatoms. The molecule has 0 aliphatic heterocycles. The van der Waals surface area contributed by atoms with Gasteiger partial charge < -0.3 is 10.7 Å². The Bertz CT molecular complexity index is 416. The van der Waals surface area contributed by atoms with Crippen LogP contribution >= 0.6 is 0 Å². The van der Waals surface area contributed by atoms with Gasteiger partial charge in [-0.1, -0.05) is 18.6 Å². The molecule has 0 spiro atoms. The molecule has 2 aliphatic carbocycles. The van der Waals surface area contributed by atoms with Crippen LogP contribution in [0.25, 0.3) is 0 Å². The summed E-state index contributed by atoms with van der Waals surface area (Å²) in [5.74, 6) is 1.78. The van der Waals surface area contributed by atoms with Crippen LogP contribution in [0.1, 0.15) is 30.9 Å². The van der Waals surface area contributed by atoms with Gasteiger partial charge in [0.25, 0.3) is 0 Å². The monoisotopic (exact) mass is 215 g/mol. The van der Waals surface area contributed by atoms with Gasteiger partial charge in [0.15, 0.2) is 0 Å². The van der Waals surface area contributed by atoms with Crippen molar-refractivity contribution in [2.75, 3.05) is 0 Å². The highest BCUT2D eigenvalue weighted by molar-refractivity contribution is 5.27. The predicted octanol–water partition coefficient (Wildman–Crippen LogP) is 2.32. The second kappa shape index (κ2) is 3.81. The molecule has 1 aromatic heterocycles. The summed E-state index contributed by atoms with van der Waals surface area (Å²) in [5.41, 5.74) is 8.07. The van der Waals surface area contributed by atoms with E-state index in [1.165, 1.54) is 25.0 Å². The normalized spacial score (nSPS) is 33.2. The highest BCUT2D eigenvalue weighted by Crippen LogP contribution is 2.43. The van der Waals surface area contributed by atoms with Crippen molar-refractivity contribution < 1.29 is 0 Å². The molecule has 0 amide bonds. The van der Waals surface area contributed by atoms with Gasteiger partial charge >= 0.3 is 0 Å². The van der Waals surface area contributed by atoms with Crippen LogP contribution in [0, 0.1) is 11.8 Å². The van der Waals surface area contributed by atoms with E-state index >= 15 is 0 Å². The maximum atomic E-state index is 5.91. The number of nitrogens with one attached hydrogen (secondary N) is 1. The molecule has 1 heterocycles. The molecule has 0 saturated heterocycles. The summed E-state index contributed by atoms with van der Waals surface area (Å²) in [7, 11) is 0. The first-order valence-electron chi connectivity index (χ1n) is 5.98. The molecule has 3 unspecified atom stereocenters. The minimum absolute atomic E-state index is 0.555. The Labute approximate surface area is 95.5 Å². The van der Waals surface area contributed by atoms with E-state index in [9.17, 15) is 0 Å². The van der Waals surface area contributed by atoms with Crippen LogP contribution in [0.5, 0.6) is 0 Å². The highest BCUT2D eigenvalue weighted by atomic mass is 14.9. The third kappa shape index (κ3) is 1.56. The molecule has 1 aromatic rings. The molecule has 3 N–H and O–H groups in total. The van der Waals surface area contributed by atoms with E-state index in [-0.39, 0.29) is 0 Å². The lowest BCUT2D eigenvalue weighted by Crippen LogP contribution is -2.27. The predicted molar refractivity (Wildman–Crippen MR) is 63.6 cm³/mol. The number of rotatable bonds is 1. The third-order valence-electron chi connectivity index (χ3n) is 3.85. The average Bonchev–Trinajstić information content (AvgIpc) is 2.81. The smallest absolute Gasteiger partial charge is 0.0921 e. The van der Waals surface area contributed by atoms with E-state index < -0.39 is 0 Å². The van der Waals surface area contributed by atoms with Crippen molar-refractivity contribution in [3.05, 3.63) is 42.1 Å². The summed E-state index contributed by atoms with van der Waals surface area (Å²) in [6.45, 7) is 0. The molecule has 3 nitrogen and oxygen atoms in total. The van der Waals surface area contributed by atoms with Gasteiger partial charge in [-0.15, -0.1) is 0 Å². The SMILES string of the molecule is NC1=CC2C(C=C1)CCCC2c1cnc[nH]1. The lowest BCUT2D eigenvalue weighted by molar-refractivity contribution is 0.285. The van der Waals surface area contributed by atoms with Gasteiger partial charge in [0, 0.05) is 23.5 Å².